The van der Waals surface area contributed by atoms with Gasteiger partial charge in [-0.05, 0) is 0 Å². The second-order valence-corrected chi connectivity index (χ2v) is 4.96. The first-order valence-corrected chi connectivity index (χ1v) is 5.80. The Morgan fingerprint density at radius 3 is 2.69 bits per heavy atom. The first-order chi connectivity index (χ1) is 7.58. The van der Waals surface area contributed by atoms with Gasteiger partial charge in [-0.15, -0.1) is 10.2 Å². The van der Waals surface area contributed by atoms with E-state index in [0.717, 1.165) is 10.0 Å². The van der Waals surface area contributed by atoms with Crippen LogP contribution in [-0.4, -0.2) is 24.5 Å². The third kappa shape index (κ3) is 2.04. The van der Waals surface area contributed by atoms with Crippen LogP contribution in [0.2, 0.25) is 0 Å². The molecular weight excluding hydrogens is 226 g/mol. The summed E-state index contributed by atoms with van der Waals surface area (Å²) in [5, 5.41) is 13.9. The molecule has 16 heavy (non-hydrogen) atoms. The number of hydrogen-bond acceptors (Lipinski definition) is 5. The molecular formula is C9H13N5OS. The lowest BCUT2D eigenvalue weighted by Gasteiger charge is -1.95. The highest BCUT2D eigenvalue weighted by Gasteiger charge is 2.10. The average molecular weight is 239 g/mol. The quantitative estimate of drug-likeness (QED) is 0.787. The third-order valence-corrected chi connectivity index (χ3v) is 3.36. The molecule has 7 heteroatoms. The van der Waals surface area contributed by atoms with E-state index in [0.29, 0.717) is 12.5 Å². The van der Waals surface area contributed by atoms with Crippen LogP contribution in [-0.2, 0) is 13.6 Å². The van der Waals surface area contributed by atoms with Crippen molar-refractivity contribution in [3.63, 3.8) is 0 Å². The molecule has 0 atom stereocenters. The molecule has 0 saturated carbocycles. The molecule has 0 amide bonds. The highest BCUT2D eigenvalue weighted by molar-refractivity contribution is 7.11. The smallest absolute Gasteiger partial charge is 0.285 e. The molecule has 0 aliphatic rings. The van der Waals surface area contributed by atoms with E-state index >= 15 is 0 Å². The zero-order chi connectivity index (χ0) is 11.7. The molecule has 0 spiro atoms. The molecule has 2 aromatic rings. The van der Waals surface area contributed by atoms with Gasteiger partial charge >= 0.3 is 5.69 Å². The summed E-state index contributed by atoms with van der Waals surface area (Å²) in [5.41, 5.74) is -0.138. The summed E-state index contributed by atoms with van der Waals surface area (Å²) in [6.07, 6.45) is 1.49. The standard InChI is InChI=1S/C9H13N5OS/c1-6(2)8-12-11-7(16-8)4-14-9(15)13(3)5-10-14/h5-6H,4H2,1-3H3. The van der Waals surface area contributed by atoms with Crippen molar-refractivity contribution in [2.24, 2.45) is 7.05 Å². The minimum atomic E-state index is -0.138. The van der Waals surface area contributed by atoms with E-state index in [2.05, 4.69) is 29.1 Å². The molecule has 86 valence electrons. The van der Waals surface area contributed by atoms with Crippen LogP contribution in [0, 0.1) is 0 Å². The normalized spacial score (nSPS) is 11.2. The predicted octanol–water partition coefficient (Wildman–Crippen LogP) is 0.605. The van der Waals surface area contributed by atoms with Crippen LogP contribution in [0.25, 0.3) is 0 Å². The second-order valence-electron chi connectivity index (χ2n) is 3.87. The van der Waals surface area contributed by atoms with Crippen LogP contribution in [0.5, 0.6) is 0 Å². The molecule has 0 fully saturated rings. The molecule has 6 nitrogen and oxygen atoms in total. The molecule has 2 aromatic heterocycles. The second kappa shape index (κ2) is 4.17. The number of aromatic nitrogens is 5. The topological polar surface area (TPSA) is 65.6 Å². The van der Waals surface area contributed by atoms with Crippen molar-refractivity contribution < 1.29 is 0 Å². The van der Waals surface area contributed by atoms with Crippen LogP contribution in [0.15, 0.2) is 11.1 Å². The summed E-state index contributed by atoms with van der Waals surface area (Å²) in [6.45, 7) is 4.53. The molecule has 0 bridgehead atoms. The van der Waals surface area contributed by atoms with Crippen LogP contribution in [0.4, 0.5) is 0 Å². The highest BCUT2D eigenvalue weighted by atomic mass is 32.1. The SMILES string of the molecule is CC(C)c1nnc(Cn2ncn(C)c2=O)s1. The molecule has 0 aliphatic carbocycles. The van der Waals surface area contributed by atoms with Gasteiger partial charge in [-0.2, -0.15) is 5.10 Å². The lowest BCUT2D eigenvalue weighted by Crippen LogP contribution is -2.23. The summed E-state index contributed by atoms with van der Waals surface area (Å²) in [6, 6.07) is 0. The van der Waals surface area contributed by atoms with Gasteiger partial charge in [0.05, 0.1) is 0 Å². The van der Waals surface area contributed by atoms with E-state index in [-0.39, 0.29) is 5.69 Å². The Kier molecular flexibility index (Phi) is 2.86. The summed E-state index contributed by atoms with van der Waals surface area (Å²) in [4.78, 5) is 11.5. The average Bonchev–Trinajstić information content (AvgIpc) is 2.81. The van der Waals surface area contributed by atoms with Crippen molar-refractivity contribution in [2.45, 2.75) is 26.3 Å². The summed E-state index contributed by atoms with van der Waals surface area (Å²) < 4.78 is 2.81. The fraction of sp³-hybridized carbons (Fsp3) is 0.556. The maximum absolute atomic E-state index is 11.5. The molecule has 2 rings (SSSR count). The largest absolute Gasteiger partial charge is 0.345 e. The Labute approximate surface area is 96.6 Å². The number of hydrogen-bond donors (Lipinski definition) is 0. The van der Waals surface area contributed by atoms with Gasteiger partial charge in [-0.25, -0.2) is 9.48 Å². The van der Waals surface area contributed by atoms with Gasteiger partial charge < -0.3 is 0 Å². The van der Waals surface area contributed by atoms with Gasteiger partial charge in [0, 0.05) is 13.0 Å². The Bertz CT molecular complexity index is 538. The van der Waals surface area contributed by atoms with Gasteiger partial charge in [0.2, 0.25) is 0 Å². The van der Waals surface area contributed by atoms with Crippen molar-refractivity contribution in [3.8, 4) is 0 Å². The molecule has 0 unspecified atom stereocenters. The summed E-state index contributed by atoms with van der Waals surface area (Å²) in [7, 11) is 1.67. The van der Waals surface area contributed by atoms with Crippen molar-refractivity contribution in [2.75, 3.05) is 0 Å². The van der Waals surface area contributed by atoms with E-state index in [1.165, 1.54) is 26.9 Å². The van der Waals surface area contributed by atoms with Crippen molar-refractivity contribution in [1.82, 2.24) is 24.5 Å². The van der Waals surface area contributed by atoms with Crippen molar-refractivity contribution in [1.29, 1.82) is 0 Å². The Morgan fingerprint density at radius 1 is 1.44 bits per heavy atom. The molecule has 0 saturated heterocycles. The van der Waals surface area contributed by atoms with Gasteiger partial charge in [0.25, 0.3) is 0 Å². The molecule has 0 aliphatic heterocycles. The monoisotopic (exact) mass is 239 g/mol. The molecule has 0 N–H and O–H groups in total. The number of rotatable bonds is 3. The summed E-state index contributed by atoms with van der Waals surface area (Å²) in [5.74, 6) is 0.367. The van der Waals surface area contributed by atoms with Crippen molar-refractivity contribution >= 4 is 11.3 Å². The lowest BCUT2D eigenvalue weighted by molar-refractivity contribution is 0.639. The van der Waals surface area contributed by atoms with Gasteiger partial charge in [-0.1, -0.05) is 25.2 Å². The van der Waals surface area contributed by atoms with Crippen LogP contribution >= 0.6 is 11.3 Å². The van der Waals surface area contributed by atoms with E-state index in [9.17, 15) is 4.79 Å². The minimum Gasteiger partial charge on any atom is -0.285 e. The highest BCUT2D eigenvalue weighted by Crippen LogP contribution is 2.18. The van der Waals surface area contributed by atoms with Gasteiger partial charge in [-0.3, -0.25) is 4.57 Å². The Morgan fingerprint density at radius 2 is 2.19 bits per heavy atom. The van der Waals surface area contributed by atoms with E-state index in [1.807, 2.05) is 0 Å². The number of aryl methyl sites for hydroxylation is 1. The fourth-order valence-corrected chi connectivity index (χ4v) is 2.05. The van der Waals surface area contributed by atoms with Crippen LogP contribution in [0.3, 0.4) is 0 Å². The van der Waals surface area contributed by atoms with Crippen LogP contribution < -0.4 is 5.69 Å². The minimum absolute atomic E-state index is 0.138. The van der Waals surface area contributed by atoms with Gasteiger partial charge in [0.15, 0.2) is 0 Å². The lowest BCUT2D eigenvalue weighted by atomic mass is 10.2. The Hall–Kier alpha value is -1.50. The maximum Gasteiger partial charge on any atom is 0.345 e. The maximum atomic E-state index is 11.5. The number of nitrogens with zero attached hydrogens (tertiary/aromatic N) is 5. The molecule has 0 radical (unpaired) electrons. The van der Waals surface area contributed by atoms with E-state index in [1.54, 1.807) is 7.05 Å². The Balaban J connectivity index is 2.21. The van der Waals surface area contributed by atoms with E-state index in [4.69, 9.17) is 0 Å². The summed E-state index contributed by atoms with van der Waals surface area (Å²) >= 11 is 1.52. The van der Waals surface area contributed by atoms with Crippen LogP contribution in [0.1, 0.15) is 29.8 Å². The first-order valence-electron chi connectivity index (χ1n) is 4.98. The molecule has 2 heterocycles. The molecule has 0 aromatic carbocycles. The zero-order valence-electron chi connectivity index (χ0n) is 9.41. The first kappa shape index (κ1) is 11.0. The van der Waals surface area contributed by atoms with Crippen molar-refractivity contribution in [3.05, 3.63) is 26.8 Å². The predicted molar refractivity (Wildman–Crippen MR) is 60.6 cm³/mol. The zero-order valence-corrected chi connectivity index (χ0v) is 10.2. The van der Waals surface area contributed by atoms with E-state index < -0.39 is 0 Å². The third-order valence-electron chi connectivity index (χ3n) is 2.15. The fourth-order valence-electron chi connectivity index (χ4n) is 1.22. The van der Waals surface area contributed by atoms with Gasteiger partial charge in [0.1, 0.15) is 22.9 Å².